The van der Waals surface area contributed by atoms with Gasteiger partial charge in [-0.05, 0) is 43.4 Å². The largest absolute Gasteiger partial charge is 0.497 e. The fraction of sp³-hybridized carbons (Fsp3) is 0.625. The van der Waals surface area contributed by atoms with Crippen LogP contribution in [0.3, 0.4) is 0 Å². The van der Waals surface area contributed by atoms with Crippen LogP contribution in [0.1, 0.15) is 61.6 Å². The van der Waals surface area contributed by atoms with E-state index in [4.69, 9.17) is 9.47 Å². The van der Waals surface area contributed by atoms with Gasteiger partial charge in [-0.3, -0.25) is 4.90 Å². The number of hydrogen-bond donors (Lipinski definition) is 2. The van der Waals surface area contributed by atoms with Crippen molar-refractivity contribution in [3.05, 3.63) is 41.2 Å². The van der Waals surface area contributed by atoms with Crippen molar-refractivity contribution in [1.29, 1.82) is 0 Å². The molecule has 1 saturated carbocycles. The summed E-state index contributed by atoms with van der Waals surface area (Å²) in [7, 11) is 1.67. The number of ether oxygens (including phenoxy) is 2. The third-order valence-electron chi connectivity index (χ3n) is 7.15. The summed E-state index contributed by atoms with van der Waals surface area (Å²) in [4.78, 5) is 14.6. The first-order valence-corrected chi connectivity index (χ1v) is 12.1. The fourth-order valence-electron chi connectivity index (χ4n) is 5.14. The molecule has 33 heavy (non-hydrogen) atoms. The molecular formula is C24H34N6O3. The van der Waals surface area contributed by atoms with Crippen molar-refractivity contribution < 1.29 is 14.3 Å². The number of nitrogens with zero attached hydrogens (tertiary/aromatic N) is 4. The summed E-state index contributed by atoms with van der Waals surface area (Å²) in [5, 5.41) is 15.2. The van der Waals surface area contributed by atoms with Gasteiger partial charge in [0.05, 0.1) is 26.0 Å². The Labute approximate surface area is 194 Å². The van der Waals surface area contributed by atoms with Crippen molar-refractivity contribution in [1.82, 2.24) is 30.5 Å². The van der Waals surface area contributed by atoms with Crippen LogP contribution in [0.15, 0.2) is 24.3 Å². The monoisotopic (exact) mass is 454 g/mol. The molecule has 9 nitrogen and oxygen atoms in total. The average Bonchev–Trinajstić information content (AvgIpc) is 3.50. The van der Waals surface area contributed by atoms with Crippen LogP contribution in [0.4, 0.5) is 4.79 Å². The summed E-state index contributed by atoms with van der Waals surface area (Å²) in [5.74, 6) is 0.840. The molecule has 0 spiro atoms. The van der Waals surface area contributed by atoms with Crippen LogP contribution in [0.2, 0.25) is 0 Å². The molecule has 9 heteroatoms. The molecule has 2 aliphatic heterocycles. The number of hydrogen-bond acceptors (Lipinski definition) is 6. The molecule has 2 amide bonds. The lowest BCUT2D eigenvalue weighted by atomic mass is 10.0. The van der Waals surface area contributed by atoms with E-state index in [0.717, 1.165) is 68.0 Å². The van der Waals surface area contributed by atoms with Gasteiger partial charge in [-0.15, -0.1) is 5.10 Å². The minimum atomic E-state index is -0.0323. The molecule has 178 valence electrons. The Morgan fingerprint density at radius 2 is 1.79 bits per heavy atom. The molecular weight excluding hydrogens is 420 g/mol. The first kappa shape index (κ1) is 22.2. The number of carbonyl (C=O) groups is 1. The molecule has 2 aromatic rings. The molecule has 0 unspecified atom stereocenters. The zero-order chi connectivity index (χ0) is 22.6. The van der Waals surface area contributed by atoms with Crippen LogP contribution < -0.4 is 15.4 Å². The molecule has 2 N–H and O–H groups in total. The number of likely N-dealkylation sites (tertiary alicyclic amines) is 1. The highest BCUT2D eigenvalue weighted by atomic mass is 16.5. The zero-order valence-corrected chi connectivity index (χ0v) is 19.3. The molecule has 1 atom stereocenters. The second-order valence-electron chi connectivity index (χ2n) is 9.39. The van der Waals surface area contributed by atoms with Crippen LogP contribution in [0.5, 0.6) is 5.75 Å². The first-order valence-electron chi connectivity index (χ1n) is 12.1. The van der Waals surface area contributed by atoms with Crippen LogP contribution in [0, 0.1) is 0 Å². The number of aromatic nitrogens is 3. The second-order valence-corrected chi connectivity index (χ2v) is 9.39. The molecule has 0 radical (unpaired) electrons. The van der Waals surface area contributed by atoms with Gasteiger partial charge in [-0.25, -0.2) is 9.48 Å². The maximum Gasteiger partial charge on any atom is 0.315 e. The minimum absolute atomic E-state index is 0.00344. The lowest BCUT2D eigenvalue weighted by molar-refractivity contribution is -0.00218. The van der Waals surface area contributed by atoms with Gasteiger partial charge in [-0.2, -0.15) is 0 Å². The molecule has 3 heterocycles. The number of nitrogens with one attached hydrogen (secondary N) is 2. The van der Waals surface area contributed by atoms with Crippen molar-refractivity contribution in [3.63, 3.8) is 0 Å². The van der Waals surface area contributed by atoms with Crippen LogP contribution in [-0.2, 0) is 24.4 Å². The molecule has 1 aliphatic carbocycles. The summed E-state index contributed by atoms with van der Waals surface area (Å²) in [5.41, 5.74) is 3.18. The quantitative estimate of drug-likeness (QED) is 0.697. The van der Waals surface area contributed by atoms with E-state index in [9.17, 15) is 4.79 Å². The summed E-state index contributed by atoms with van der Waals surface area (Å²) in [6, 6.07) is 8.59. The highest BCUT2D eigenvalue weighted by Crippen LogP contribution is 2.28. The Morgan fingerprint density at radius 3 is 2.48 bits per heavy atom. The maximum absolute atomic E-state index is 12.2. The van der Waals surface area contributed by atoms with E-state index < -0.39 is 0 Å². The van der Waals surface area contributed by atoms with E-state index in [1.807, 2.05) is 28.9 Å². The summed E-state index contributed by atoms with van der Waals surface area (Å²) in [6.45, 7) is 3.83. The zero-order valence-electron chi connectivity index (χ0n) is 19.3. The van der Waals surface area contributed by atoms with E-state index >= 15 is 0 Å². The number of rotatable bonds is 6. The number of carbonyl (C=O) groups excluding carboxylic acids is 1. The Bertz CT molecular complexity index is 932. The second kappa shape index (κ2) is 10.1. The van der Waals surface area contributed by atoms with Gasteiger partial charge in [0.15, 0.2) is 0 Å². The summed E-state index contributed by atoms with van der Waals surface area (Å²) in [6.07, 6.45) is 6.55. The van der Waals surface area contributed by atoms with Crippen molar-refractivity contribution in [2.24, 2.45) is 0 Å². The van der Waals surface area contributed by atoms with E-state index in [1.165, 1.54) is 12.8 Å². The number of fused-ring (bicyclic) bond motifs is 1. The maximum atomic E-state index is 12.2. The number of piperidine rings is 1. The average molecular weight is 455 g/mol. The molecule has 1 saturated heterocycles. The van der Waals surface area contributed by atoms with Crippen molar-refractivity contribution in [3.8, 4) is 5.75 Å². The summed E-state index contributed by atoms with van der Waals surface area (Å²) < 4.78 is 13.4. The van der Waals surface area contributed by atoms with Gasteiger partial charge in [0.1, 0.15) is 17.5 Å². The topological polar surface area (TPSA) is 93.5 Å². The van der Waals surface area contributed by atoms with Crippen LogP contribution in [0.25, 0.3) is 0 Å². The molecule has 1 aromatic carbocycles. The van der Waals surface area contributed by atoms with Gasteiger partial charge in [0.2, 0.25) is 0 Å². The number of amides is 2. The van der Waals surface area contributed by atoms with E-state index in [0.29, 0.717) is 19.2 Å². The van der Waals surface area contributed by atoms with Gasteiger partial charge in [0.25, 0.3) is 0 Å². The lowest BCUT2D eigenvalue weighted by Gasteiger charge is -2.32. The molecule has 2 fully saturated rings. The Morgan fingerprint density at radius 1 is 1.09 bits per heavy atom. The number of urea groups is 1. The molecule has 0 bridgehead atoms. The third kappa shape index (κ3) is 5.30. The van der Waals surface area contributed by atoms with Crippen LogP contribution in [-0.4, -0.2) is 58.2 Å². The lowest BCUT2D eigenvalue weighted by Crippen LogP contribution is -2.49. The molecule has 3 aliphatic rings. The summed E-state index contributed by atoms with van der Waals surface area (Å²) >= 11 is 0. The predicted octanol–water partition coefficient (Wildman–Crippen LogP) is 2.76. The van der Waals surface area contributed by atoms with E-state index in [-0.39, 0.29) is 18.2 Å². The Kier molecular flexibility index (Phi) is 6.78. The first-order chi connectivity index (χ1) is 16.2. The third-order valence-corrected chi connectivity index (χ3v) is 7.15. The smallest absolute Gasteiger partial charge is 0.315 e. The highest BCUT2D eigenvalue weighted by molar-refractivity contribution is 5.74. The van der Waals surface area contributed by atoms with E-state index in [2.05, 4.69) is 25.8 Å². The van der Waals surface area contributed by atoms with Gasteiger partial charge < -0.3 is 20.1 Å². The fourth-order valence-corrected chi connectivity index (χ4v) is 5.14. The Hall–Kier alpha value is -2.65. The minimum Gasteiger partial charge on any atom is -0.497 e. The van der Waals surface area contributed by atoms with E-state index in [1.54, 1.807) is 7.11 Å². The van der Waals surface area contributed by atoms with Gasteiger partial charge in [0, 0.05) is 31.7 Å². The van der Waals surface area contributed by atoms with Gasteiger partial charge >= 0.3 is 6.03 Å². The molecule has 5 rings (SSSR count). The standard InChI is InChI=1S/C24H34N6O3/c1-32-20-8-6-17(7-9-20)23-15-30-22(16-33-23)21(27-28-30)14-29-12-10-19(11-13-29)26-24(31)25-18-4-2-3-5-18/h6-9,18-19,23H,2-5,10-16H2,1H3,(H2,25,26,31)/t23-/m1/s1. The van der Waals surface area contributed by atoms with Crippen LogP contribution >= 0.6 is 0 Å². The van der Waals surface area contributed by atoms with Gasteiger partial charge in [-0.1, -0.05) is 30.2 Å². The number of methoxy groups -OCH3 is 1. The van der Waals surface area contributed by atoms with Crippen molar-refractivity contribution in [2.75, 3.05) is 20.2 Å². The SMILES string of the molecule is COc1ccc([C@H]2Cn3nnc(CN4CCC(NC(=O)NC5CCCC5)CC4)c3CO2)cc1. The normalized spacial score (nSPS) is 22.2. The van der Waals surface area contributed by atoms with Crippen molar-refractivity contribution in [2.45, 2.75) is 76.4 Å². The van der Waals surface area contributed by atoms with Crippen molar-refractivity contribution >= 4 is 6.03 Å². The molecule has 1 aromatic heterocycles. The number of benzene rings is 1. The highest BCUT2D eigenvalue weighted by Gasteiger charge is 2.28. The predicted molar refractivity (Wildman–Crippen MR) is 123 cm³/mol. The Balaban J connectivity index is 1.10.